The smallest absolute Gasteiger partial charge is 0.149 e. The third-order valence-corrected chi connectivity index (χ3v) is 3.30. The van der Waals surface area contributed by atoms with Crippen LogP contribution in [-0.2, 0) is 0 Å². The summed E-state index contributed by atoms with van der Waals surface area (Å²) in [7, 11) is 0. The molecule has 0 bridgehead atoms. The molecule has 0 spiro atoms. The maximum atomic E-state index is 13.6. The summed E-state index contributed by atoms with van der Waals surface area (Å²) >= 11 is 0. The van der Waals surface area contributed by atoms with Crippen molar-refractivity contribution in [3.05, 3.63) is 42.2 Å². The molecular weight excluding hydrogens is 262 g/mol. The second-order valence-corrected chi connectivity index (χ2v) is 4.68. The first-order chi connectivity index (χ1) is 9.74. The van der Waals surface area contributed by atoms with Crippen LogP contribution in [0.15, 0.2) is 30.6 Å². The number of nitrogens with zero attached hydrogens (tertiary/aromatic N) is 3. The Balaban J connectivity index is 1.85. The molecule has 1 aromatic carbocycles. The number of para-hydroxylation sites is 1. The SMILES string of the molecule is Fc1cccc(F)c1Nc1cc(N2CCCC2)ncn1. The summed E-state index contributed by atoms with van der Waals surface area (Å²) in [5, 5.41) is 2.68. The monoisotopic (exact) mass is 276 g/mol. The summed E-state index contributed by atoms with van der Waals surface area (Å²) < 4.78 is 27.2. The number of nitrogens with one attached hydrogen (secondary N) is 1. The molecule has 2 aromatic rings. The largest absolute Gasteiger partial charge is 0.356 e. The second kappa shape index (κ2) is 5.40. The van der Waals surface area contributed by atoms with Gasteiger partial charge in [0.1, 0.15) is 35.3 Å². The third kappa shape index (κ3) is 2.54. The van der Waals surface area contributed by atoms with Crippen LogP contribution in [0.4, 0.5) is 26.1 Å². The van der Waals surface area contributed by atoms with Crippen molar-refractivity contribution in [3.8, 4) is 0 Å². The topological polar surface area (TPSA) is 41.0 Å². The Bertz CT molecular complexity index is 592. The molecule has 0 unspecified atom stereocenters. The highest BCUT2D eigenvalue weighted by molar-refractivity contribution is 5.60. The highest BCUT2D eigenvalue weighted by atomic mass is 19.1. The molecule has 0 atom stereocenters. The van der Waals surface area contributed by atoms with Crippen molar-refractivity contribution in [2.24, 2.45) is 0 Å². The fourth-order valence-electron chi connectivity index (χ4n) is 2.28. The molecule has 1 aliphatic rings. The van der Waals surface area contributed by atoms with E-state index in [1.54, 1.807) is 6.07 Å². The molecule has 1 saturated heterocycles. The number of anilines is 3. The minimum Gasteiger partial charge on any atom is -0.356 e. The van der Waals surface area contributed by atoms with Gasteiger partial charge in [0.2, 0.25) is 0 Å². The van der Waals surface area contributed by atoms with Gasteiger partial charge >= 0.3 is 0 Å². The van der Waals surface area contributed by atoms with Crippen LogP contribution in [0.3, 0.4) is 0 Å². The zero-order chi connectivity index (χ0) is 13.9. The minimum atomic E-state index is -0.647. The molecule has 3 rings (SSSR count). The van der Waals surface area contributed by atoms with E-state index >= 15 is 0 Å². The first kappa shape index (κ1) is 12.8. The van der Waals surface area contributed by atoms with Gasteiger partial charge in [-0.25, -0.2) is 18.7 Å². The molecule has 0 radical (unpaired) electrons. The Morgan fingerprint density at radius 2 is 1.75 bits per heavy atom. The van der Waals surface area contributed by atoms with Crippen LogP contribution in [0, 0.1) is 11.6 Å². The van der Waals surface area contributed by atoms with Crippen molar-refractivity contribution < 1.29 is 8.78 Å². The van der Waals surface area contributed by atoms with Gasteiger partial charge in [-0.1, -0.05) is 6.07 Å². The van der Waals surface area contributed by atoms with E-state index in [1.807, 2.05) is 0 Å². The van der Waals surface area contributed by atoms with Crippen molar-refractivity contribution in [3.63, 3.8) is 0 Å². The van der Waals surface area contributed by atoms with Gasteiger partial charge in [-0.05, 0) is 25.0 Å². The fourth-order valence-corrected chi connectivity index (χ4v) is 2.28. The second-order valence-electron chi connectivity index (χ2n) is 4.68. The van der Waals surface area contributed by atoms with Gasteiger partial charge in [0.05, 0.1) is 0 Å². The average Bonchev–Trinajstić information content (AvgIpc) is 2.98. The van der Waals surface area contributed by atoms with Gasteiger partial charge in [0.15, 0.2) is 0 Å². The van der Waals surface area contributed by atoms with E-state index in [1.165, 1.54) is 24.5 Å². The van der Waals surface area contributed by atoms with Crippen molar-refractivity contribution >= 4 is 17.3 Å². The lowest BCUT2D eigenvalue weighted by atomic mass is 10.3. The van der Waals surface area contributed by atoms with Crippen LogP contribution in [-0.4, -0.2) is 23.1 Å². The number of rotatable bonds is 3. The maximum absolute atomic E-state index is 13.6. The van der Waals surface area contributed by atoms with Crippen molar-refractivity contribution in [2.45, 2.75) is 12.8 Å². The van der Waals surface area contributed by atoms with E-state index in [-0.39, 0.29) is 5.69 Å². The molecule has 1 aromatic heterocycles. The van der Waals surface area contributed by atoms with Crippen LogP contribution >= 0.6 is 0 Å². The van der Waals surface area contributed by atoms with Gasteiger partial charge in [0, 0.05) is 19.2 Å². The normalized spacial score (nSPS) is 14.6. The molecule has 6 heteroatoms. The Morgan fingerprint density at radius 1 is 1.05 bits per heavy atom. The highest BCUT2D eigenvalue weighted by Crippen LogP contribution is 2.24. The first-order valence-corrected chi connectivity index (χ1v) is 6.52. The summed E-state index contributed by atoms with van der Waals surface area (Å²) in [6, 6.07) is 5.44. The third-order valence-electron chi connectivity index (χ3n) is 3.30. The number of benzene rings is 1. The summed E-state index contributed by atoms with van der Waals surface area (Å²) in [4.78, 5) is 10.3. The maximum Gasteiger partial charge on any atom is 0.149 e. The molecule has 1 N–H and O–H groups in total. The Kier molecular flexibility index (Phi) is 3.45. The summed E-state index contributed by atoms with van der Waals surface area (Å²) in [5.74, 6) is -0.139. The number of aromatic nitrogens is 2. The van der Waals surface area contributed by atoms with Crippen molar-refractivity contribution in [1.29, 1.82) is 0 Å². The molecule has 0 amide bonds. The number of halogens is 2. The zero-order valence-electron chi connectivity index (χ0n) is 10.8. The lowest BCUT2D eigenvalue weighted by Crippen LogP contribution is -2.19. The summed E-state index contributed by atoms with van der Waals surface area (Å²) in [6.07, 6.45) is 3.66. The average molecular weight is 276 g/mol. The Hall–Kier alpha value is -2.24. The minimum absolute atomic E-state index is 0.196. The molecule has 104 valence electrons. The number of hydrogen-bond donors (Lipinski definition) is 1. The molecule has 2 heterocycles. The summed E-state index contributed by atoms with van der Waals surface area (Å²) in [6.45, 7) is 1.90. The van der Waals surface area contributed by atoms with Crippen molar-refractivity contribution in [1.82, 2.24) is 9.97 Å². The van der Waals surface area contributed by atoms with Crippen LogP contribution in [0.25, 0.3) is 0 Å². The van der Waals surface area contributed by atoms with E-state index < -0.39 is 11.6 Å². The number of hydrogen-bond acceptors (Lipinski definition) is 4. The van der Waals surface area contributed by atoms with Crippen LogP contribution in [0.5, 0.6) is 0 Å². The zero-order valence-corrected chi connectivity index (χ0v) is 10.8. The Morgan fingerprint density at radius 3 is 2.45 bits per heavy atom. The molecule has 0 saturated carbocycles. The van der Waals surface area contributed by atoms with Crippen LogP contribution in [0.1, 0.15) is 12.8 Å². The molecule has 0 aliphatic carbocycles. The van der Waals surface area contributed by atoms with E-state index in [0.717, 1.165) is 31.7 Å². The van der Waals surface area contributed by atoms with Gasteiger partial charge in [-0.3, -0.25) is 0 Å². The molecule has 20 heavy (non-hydrogen) atoms. The lowest BCUT2D eigenvalue weighted by Gasteiger charge is -2.16. The first-order valence-electron chi connectivity index (χ1n) is 6.52. The molecule has 1 aliphatic heterocycles. The molecule has 4 nitrogen and oxygen atoms in total. The van der Waals surface area contributed by atoms with Gasteiger partial charge < -0.3 is 10.2 Å². The quantitative estimate of drug-likeness (QED) is 0.935. The standard InChI is InChI=1S/C14H14F2N4/c15-10-4-3-5-11(16)14(10)19-12-8-13(18-9-17-12)20-6-1-2-7-20/h3-5,8-9H,1-2,6-7H2,(H,17,18,19). The Labute approximate surface area is 115 Å². The summed E-state index contributed by atoms with van der Waals surface area (Å²) in [5.41, 5.74) is -0.196. The molecule has 1 fully saturated rings. The molecular formula is C14H14F2N4. The van der Waals surface area contributed by atoms with Crippen molar-refractivity contribution in [2.75, 3.05) is 23.3 Å². The van der Waals surface area contributed by atoms with E-state index in [4.69, 9.17) is 0 Å². The van der Waals surface area contributed by atoms with E-state index in [0.29, 0.717) is 5.82 Å². The van der Waals surface area contributed by atoms with Crippen LogP contribution in [0.2, 0.25) is 0 Å². The fraction of sp³-hybridized carbons (Fsp3) is 0.286. The lowest BCUT2D eigenvalue weighted by molar-refractivity contribution is 0.590. The van der Waals surface area contributed by atoms with E-state index in [2.05, 4.69) is 20.2 Å². The van der Waals surface area contributed by atoms with Crippen LogP contribution < -0.4 is 10.2 Å². The highest BCUT2D eigenvalue weighted by Gasteiger charge is 2.15. The van der Waals surface area contributed by atoms with Gasteiger partial charge in [-0.15, -0.1) is 0 Å². The van der Waals surface area contributed by atoms with Gasteiger partial charge in [0.25, 0.3) is 0 Å². The predicted molar refractivity (Wildman–Crippen MR) is 73.1 cm³/mol. The predicted octanol–water partition coefficient (Wildman–Crippen LogP) is 3.10. The van der Waals surface area contributed by atoms with E-state index in [9.17, 15) is 8.78 Å². The van der Waals surface area contributed by atoms with Gasteiger partial charge in [-0.2, -0.15) is 0 Å².